The molecule has 1 fully saturated rings. The van der Waals surface area contributed by atoms with Gasteiger partial charge in [-0.25, -0.2) is 14.8 Å². The van der Waals surface area contributed by atoms with Crippen LogP contribution in [0.15, 0.2) is 12.4 Å². The smallest absolute Gasteiger partial charge is 0.452 e. The first-order chi connectivity index (χ1) is 9.50. The molecular formula is C12H14F2N2O4. The van der Waals surface area contributed by atoms with Crippen molar-refractivity contribution in [1.82, 2.24) is 9.97 Å². The van der Waals surface area contributed by atoms with Gasteiger partial charge in [0.25, 0.3) is 0 Å². The lowest BCUT2D eigenvalue weighted by molar-refractivity contribution is -0.423. The van der Waals surface area contributed by atoms with Crippen molar-refractivity contribution < 1.29 is 27.8 Å². The van der Waals surface area contributed by atoms with Crippen molar-refractivity contribution in [3.8, 4) is 0 Å². The average Bonchev–Trinajstić information content (AvgIpc) is 2.42. The second-order valence-electron chi connectivity index (χ2n) is 4.28. The molecule has 1 saturated heterocycles. The van der Waals surface area contributed by atoms with E-state index < -0.39 is 31.6 Å². The van der Waals surface area contributed by atoms with Crippen molar-refractivity contribution in [3.05, 3.63) is 23.8 Å². The highest BCUT2D eigenvalue weighted by Crippen LogP contribution is 2.23. The van der Waals surface area contributed by atoms with Crippen LogP contribution in [0, 0.1) is 0 Å². The van der Waals surface area contributed by atoms with Crippen LogP contribution in [0.5, 0.6) is 0 Å². The Hall–Kier alpha value is -1.67. The third-order valence-electron chi connectivity index (χ3n) is 2.57. The van der Waals surface area contributed by atoms with E-state index in [-0.39, 0.29) is 5.82 Å². The second-order valence-corrected chi connectivity index (χ2v) is 4.28. The highest BCUT2D eigenvalue weighted by atomic mass is 19.3. The fourth-order valence-electron chi connectivity index (χ4n) is 1.62. The van der Waals surface area contributed by atoms with Gasteiger partial charge >= 0.3 is 12.3 Å². The van der Waals surface area contributed by atoms with Gasteiger partial charge in [-0.1, -0.05) is 13.3 Å². The van der Waals surface area contributed by atoms with Gasteiger partial charge in [0.15, 0.2) is 0 Å². The summed E-state index contributed by atoms with van der Waals surface area (Å²) in [5, 5.41) is 0. The number of halogens is 2. The predicted octanol–water partition coefficient (Wildman–Crippen LogP) is 1.55. The summed E-state index contributed by atoms with van der Waals surface area (Å²) in [4.78, 5) is 19.4. The highest BCUT2D eigenvalue weighted by molar-refractivity contribution is 5.85. The third-order valence-corrected chi connectivity index (χ3v) is 2.57. The Bertz CT molecular complexity index is 457. The molecule has 0 aliphatic carbocycles. The molecule has 1 aromatic heterocycles. The zero-order valence-electron chi connectivity index (χ0n) is 10.8. The standard InChI is InChI=1S/C12H14F2N2O4/c1-2-3-8-4-15-10(16-5-8)11(17)20-9-6-18-12(13,14)19-7-9/h4-5,9H,2-3,6-7H2,1H3. The Morgan fingerprint density at radius 2 is 2.00 bits per heavy atom. The van der Waals surface area contributed by atoms with Gasteiger partial charge in [-0.05, 0) is 12.0 Å². The third kappa shape index (κ3) is 3.91. The normalized spacial score (nSPS) is 18.8. The van der Waals surface area contributed by atoms with E-state index in [0.29, 0.717) is 0 Å². The number of carbonyl (C=O) groups is 1. The molecule has 0 aromatic carbocycles. The molecule has 2 heterocycles. The monoisotopic (exact) mass is 288 g/mol. The zero-order valence-corrected chi connectivity index (χ0v) is 10.8. The van der Waals surface area contributed by atoms with E-state index in [2.05, 4.69) is 19.4 Å². The van der Waals surface area contributed by atoms with Crippen LogP contribution in [0.25, 0.3) is 0 Å². The quantitative estimate of drug-likeness (QED) is 0.783. The summed E-state index contributed by atoms with van der Waals surface area (Å²) in [6.07, 6.45) is 0.305. The molecule has 0 bridgehead atoms. The molecule has 20 heavy (non-hydrogen) atoms. The number of hydrogen-bond acceptors (Lipinski definition) is 6. The average molecular weight is 288 g/mol. The minimum atomic E-state index is -3.62. The lowest BCUT2D eigenvalue weighted by Gasteiger charge is -2.27. The van der Waals surface area contributed by atoms with Crippen molar-refractivity contribution in [2.45, 2.75) is 32.2 Å². The van der Waals surface area contributed by atoms with Crippen molar-refractivity contribution in [1.29, 1.82) is 0 Å². The Labute approximate surface area is 114 Å². The highest BCUT2D eigenvalue weighted by Gasteiger charge is 2.39. The SMILES string of the molecule is CCCc1cnc(C(=O)OC2COC(F)(F)OC2)nc1. The maximum Gasteiger partial charge on any atom is 0.485 e. The maximum atomic E-state index is 12.5. The molecule has 2 rings (SSSR count). The number of ether oxygens (including phenoxy) is 3. The molecule has 0 N–H and O–H groups in total. The van der Waals surface area contributed by atoms with Crippen LogP contribution in [0.4, 0.5) is 8.78 Å². The van der Waals surface area contributed by atoms with Crippen molar-refractivity contribution >= 4 is 5.97 Å². The first-order valence-electron chi connectivity index (χ1n) is 6.18. The van der Waals surface area contributed by atoms with E-state index in [1.54, 1.807) is 0 Å². The summed E-state index contributed by atoms with van der Waals surface area (Å²) in [5.74, 6) is -0.919. The molecule has 1 aliphatic rings. The van der Waals surface area contributed by atoms with E-state index in [0.717, 1.165) is 18.4 Å². The number of aryl methyl sites for hydroxylation is 1. The molecule has 0 amide bonds. The maximum absolute atomic E-state index is 12.5. The largest absolute Gasteiger partial charge is 0.485 e. The fourth-order valence-corrected chi connectivity index (χ4v) is 1.62. The van der Waals surface area contributed by atoms with Gasteiger partial charge in [0.1, 0.15) is 6.10 Å². The molecule has 0 saturated carbocycles. The van der Waals surface area contributed by atoms with Crippen molar-refractivity contribution in [2.24, 2.45) is 0 Å². The number of carbonyl (C=O) groups excluding carboxylic acids is 1. The minimum Gasteiger partial charge on any atom is -0.452 e. The van der Waals surface area contributed by atoms with Gasteiger partial charge in [0.05, 0.1) is 13.2 Å². The summed E-state index contributed by atoms with van der Waals surface area (Å²) >= 11 is 0. The van der Waals surface area contributed by atoms with Gasteiger partial charge in [-0.2, -0.15) is 0 Å². The van der Waals surface area contributed by atoms with E-state index in [4.69, 9.17) is 4.74 Å². The Balaban J connectivity index is 1.88. The van der Waals surface area contributed by atoms with Crippen LogP contribution >= 0.6 is 0 Å². The molecule has 6 nitrogen and oxygen atoms in total. The summed E-state index contributed by atoms with van der Waals surface area (Å²) in [6.45, 7) is 1.14. The minimum absolute atomic E-state index is 0.123. The number of esters is 1. The number of rotatable bonds is 4. The number of alkyl halides is 2. The van der Waals surface area contributed by atoms with Gasteiger partial charge < -0.3 is 4.74 Å². The predicted molar refractivity (Wildman–Crippen MR) is 62.1 cm³/mol. The molecule has 0 unspecified atom stereocenters. The van der Waals surface area contributed by atoms with Gasteiger partial charge in [-0.15, -0.1) is 8.78 Å². The Morgan fingerprint density at radius 3 is 2.55 bits per heavy atom. The summed E-state index contributed by atoms with van der Waals surface area (Å²) in [6, 6.07) is 0. The second kappa shape index (κ2) is 6.19. The van der Waals surface area contributed by atoms with Crippen LogP contribution in [0.3, 0.4) is 0 Å². The van der Waals surface area contributed by atoms with E-state index in [9.17, 15) is 13.6 Å². The van der Waals surface area contributed by atoms with Crippen molar-refractivity contribution in [3.63, 3.8) is 0 Å². The van der Waals surface area contributed by atoms with Crippen LogP contribution in [0.2, 0.25) is 0 Å². The van der Waals surface area contributed by atoms with Crippen LogP contribution < -0.4 is 0 Å². The molecular weight excluding hydrogens is 274 g/mol. The summed E-state index contributed by atoms with van der Waals surface area (Å²) in [7, 11) is 0. The van der Waals surface area contributed by atoms with Gasteiger partial charge in [-0.3, -0.25) is 9.47 Å². The molecule has 0 spiro atoms. The van der Waals surface area contributed by atoms with Crippen LogP contribution in [-0.2, 0) is 20.6 Å². The lowest BCUT2D eigenvalue weighted by Crippen LogP contribution is -2.42. The number of hydrogen-bond donors (Lipinski definition) is 0. The molecule has 1 aromatic rings. The van der Waals surface area contributed by atoms with Crippen molar-refractivity contribution in [2.75, 3.05) is 13.2 Å². The van der Waals surface area contributed by atoms with Gasteiger partial charge in [0.2, 0.25) is 5.82 Å². The van der Waals surface area contributed by atoms with E-state index in [1.165, 1.54) is 12.4 Å². The number of aromatic nitrogens is 2. The molecule has 0 radical (unpaired) electrons. The number of nitrogens with zero attached hydrogens (tertiary/aromatic N) is 2. The van der Waals surface area contributed by atoms with E-state index in [1.807, 2.05) is 6.92 Å². The first kappa shape index (κ1) is 14.7. The van der Waals surface area contributed by atoms with E-state index >= 15 is 0 Å². The molecule has 1 aliphatic heterocycles. The van der Waals surface area contributed by atoms with Crippen LogP contribution in [0.1, 0.15) is 29.5 Å². The van der Waals surface area contributed by atoms with Gasteiger partial charge in [0, 0.05) is 12.4 Å². The topological polar surface area (TPSA) is 70.5 Å². The Kier molecular flexibility index (Phi) is 4.56. The Morgan fingerprint density at radius 1 is 1.40 bits per heavy atom. The van der Waals surface area contributed by atoms with Crippen LogP contribution in [-0.4, -0.2) is 41.5 Å². The summed E-state index contributed by atoms with van der Waals surface area (Å²) < 4.78 is 38.2. The fraction of sp³-hybridized carbons (Fsp3) is 0.583. The molecule has 110 valence electrons. The zero-order chi connectivity index (χ0) is 14.6. The molecule has 8 heteroatoms. The molecule has 0 atom stereocenters. The summed E-state index contributed by atoms with van der Waals surface area (Å²) in [5.41, 5.74) is 0.910. The first-order valence-corrected chi connectivity index (χ1v) is 6.18. The lowest BCUT2D eigenvalue weighted by atomic mass is 10.2.